The molecule has 0 spiro atoms. The van der Waals surface area contributed by atoms with Gasteiger partial charge in [-0.05, 0) is 24.3 Å². The number of rotatable bonds is 2. The van der Waals surface area contributed by atoms with Crippen LogP contribution in [0.15, 0.2) is 24.3 Å². The van der Waals surface area contributed by atoms with E-state index in [1.165, 1.54) is 12.1 Å². The van der Waals surface area contributed by atoms with Crippen LogP contribution < -0.4 is 5.32 Å². The van der Waals surface area contributed by atoms with E-state index in [2.05, 4.69) is 5.32 Å². The zero-order valence-electron chi connectivity index (χ0n) is 9.21. The minimum absolute atomic E-state index is 0.282. The van der Waals surface area contributed by atoms with Gasteiger partial charge in [-0.3, -0.25) is 4.79 Å². The second-order valence-electron chi connectivity index (χ2n) is 3.50. The highest BCUT2D eigenvalue weighted by Crippen LogP contribution is 2.32. The fourth-order valence-electron chi connectivity index (χ4n) is 1.37. The highest BCUT2D eigenvalue weighted by atomic mass is 35.5. The maximum atomic E-state index is 12.0. The lowest BCUT2D eigenvalue weighted by molar-refractivity contribution is 0.102. The van der Waals surface area contributed by atoms with E-state index in [-0.39, 0.29) is 10.6 Å². The van der Waals surface area contributed by atoms with Crippen LogP contribution >= 0.6 is 46.1 Å². The summed E-state index contributed by atoms with van der Waals surface area (Å²) in [5.41, 5.74) is 1.11. The summed E-state index contributed by atoms with van der Waals surface area (Å²) in [7, 11) is 0. The lowest BCUT2D eigenvalue weighted by Crippen LogP contribution is -2.11. The zero-order chi connectivity index (χ0) is 14.0. The van der Waals surface area contributed by atoms with Gasteiger partial charge >= 0.3 is 0 Å². The topological polar surface area (TPSA) is 52.9 Å². The molecule has 1 heterocycles. The molecule has 1 aromatic carbocycles. The Morgan fingerprint density at radius 1 is 1.26 bits per heavy atom. The van der Waals surface area contributed by atoms with Crippen LogP contribution in [0.25, 0.3) is 0 Å². The third kappa shape index (κ3) is 3.20. The number of amides is 1. The predicted molar refractivity (Wildman–Crippen MR) is 78.5 cm³/mol. The Balaban J connectivity index is 2.25. The Kier molecular flexibility index (Phi) is 4.33. The molecule has 2 rings (SSSR count). The fraction of sp³-hybridized carbons (Fsp3) is 0. The molecular formula is C12H5Cl3N2OS. The molecule has 0 unspecified atom stereocenters. The SMILES string of the molecule is N#Cc1ccc(NC(=O)c2cc(Cl)sc2Cl)c(Cl)c1. The molecule has 2 aromatic rings. The second kappa shape index (κ2) is 5.81. The molecule has 0 saturated carbocycles. The lowest BCUT2D eigenvalue weighted by Gasteiger charge is -2.06. The van der Waals surface area contributed by atoms with Gasteiger partial charge in [-0.15, -0.1) is 11.3 Å². The number of anilines is 1. The van der Waals surface area contributed by atoms with Gasteiger partial charge in [0, 0.05) is 0 Å². The third-order valence-corrected chi connectivity index (χ3v) is 4.05. The van der Waals surface area contributed by atoms with E-state index < -0.39 is 5.91 Å². The summed E-state index contributed by atoms with van der Waals surface area (Å²) in [6.45, 7) is 0. The van der Waals surface area contributed by atoms with Crippen LogP contribution in [0.5, 0.6) is 0 Å². The Bertz CT molecular complexity index is 691. The van der Waals surface area contributed by atoms with Crippen LogP contribution in [-0.2, 0) is 0 Å². The van der Waals surface area contributed by atoms with Crippen molar-refractivity contribution in [3.63, 3.8) is 0 Å². The summed E-state index contributed by atoms with van der Waals surface area (Å²) in [6, 6.07) is 8.03. The molecule has 96 valence electrons. The van der Waals surface area contributed by atoms with Crippen LogP contribution in [0.4, 0.5) is 5.69 Å². The molecule has 1 N–H and O–H groups in total. The number of carbonyl (C=O) groups is 1. The molecule has 19 heavy (non-hydrogen) atoms. The van der Waals surface area contributed by atoms with Crippen molar-refractivity contribution in [3.8, 4) is 6.07 Å². The number of nitrogens with zero attached hydrogens (tertiary/aromatic N) is 1. The van der Waals surface area contributed by atoms with Crippen LogP contribution in [0.2, 0.25) is 13.7 Å². The molecule has 1 aromatic heterocycles. The smallest absolute Gasteiger partial charge is 0.258 e. The normalized spacial score (nSPS) is 10.0. The number of carbonyl (C=O) groups excluding carboxylic acids is 1. The summed E-state index contributed by atoms with van der Waals surface area (Å²) in [5.74, 6) is -0.403. The highest BCUT2D eigenvalue weighted by Gasteiger charge is 2.15. The van der Waals surface area contributed by atoms with Crippen molar-refractivity contribution in [2.45, 2.75) is 0 Å². The van der Waals surface area contributed by atoms with Crippen molar-refractivity contribution < 1.29 is 4.79 Å². The number of thiophene rings is 1. The van der Waals surface area contributed by atoms with Gasteiger partial charge in [-0.25, -0.2) is 0 Å². The van der Waals surface area contributed by atoms with Crippen LogP contribution in [0.3, 0.4) is 0 Å². The first-order valence-corrected chi connectivity index (χ1v) is 6.92. The van der Waals surface area contributed by atoms with Crippen molar-refractivity contribution in [1.29, 1.82) is 5.26 Å². The van der Waals surface area contributed by atoms with Crippen molar-refractivity contribution in [2.75, 3.05) is 5.32 Å². The molecule has 0 aliphatic carbocycles. The van der Waals surface area contributed by atoms with E-state index in [1.807, 2.05) is 6.07 Å². The first-order chi connectivity index (χ1) is 9.01. The van der Waals surface area contributed by atoms with Gasteiger partial charge in [0.15, 0.2) is 0 Å². The largest absolute Gasteiger partial charge is 0.321 e. The van der Waals surface area contributed by atoms with E-state index >= 15 is 0 Å². The quantitative estimate of drug-likeness (QED) is 0.856. The van der Waals surface area contributed by atoms with Crippen LogP contribution in [0, 0.1) is 11.3 Å². The summed E-state index contributed by atoms with van der Waals surface area (Å²) >= 11 is 18.7. The summed E-state index contributed by atoms with van der Waals surface area (Å²) in [4.78, 5) is 12.0. The van der Waals surface area contributed by atoms with E-state index in [0.29, 0.717) is 19.9 Å². The zero-order valence-corrected chi connectivity index (χ0v) is 12.3. The number of hydrogen-bond donors (Lipinski definition) is 1. The monoisotopic (exact) mass is 330 g/mol. The Hall–Kier alpha value is -1.25. The minimum atomic E-state index is -0.403. The molecule has 3 nitrogen and oxygen atoms in total. The molecule has 0 radical (unpaired) electrons. The van der Waals surface area contributed by atoms with Gasteiger partial charge in [0.25, 0.3) is 5.91 Å². The molecule has 0 aliphatic heterocycles. The average Bonchev–Trinajstić information content (AvgIpc) is 2.71. The predicted octanol–water partition coefficient (Wildman–Crippen LogP) is 4.83. The van der Waals surface area contributed by atoms with Crippen molar-refractivity contribution >= 4 is 57.7 Å². The number of nitriles is 1. The summed E-state index contributed by atoms with van der Waals surface area (Å²) < 4.78 is 0.744. The molecule has 7 heteroatoms. The molecular weight excluding hydrogens is 327 g/mol. The average molecular weight is 332 g/mol. The summed E-state index contributed by atoms with van der Waals surface area (Å²) in [5, 5.41) is 11.6. The molecule has 1 amide bonds. The minimum Gasteiger partial charge on any atom is -0.321 e. The van der Waals surface area contributed by atoms with Gasteiger partial charge in [-0.2, -0.15) is 5.26 Å². The van der Waals surface area contributed by atoms with Crippen molar-refractivity contribution in [2.24, 2.45) is 0 Å². The number of halogens is 3. The van der Waals surface area contributed by atoms with Crippen LogP contribution in [-0.4, -0.2) is 5.91 Å². The highest BCUT2D eigenvalue weighted by molar-refractivity contribution is 7.20. The van der Waals surface area contributed by atoms with Crippen molar-refractivity contribution in [1.82, 2.24) is 0 Å². The molecule has 0 saturated heterocycles. The van der Waals surface area contributed by atoms with Gasteiger partial charge in [0.05, 0.1) is 32.2 Å². The Morgan fingerprint density at radius 3 is 2.53 bits per heavy atom. The molecule has 0 aliphatic rings. The molecule has 0 bridgehead atoms. The van der Waals surface area contributed by atoms with Gasteiger partial charge < -0.3 is 5.32 Å². The summed E-state index contributed by atoms with van der Waals surface area (Å²) in [6.07, 6.45) is 0. The number of nitrogens with one attached hydrogen (secondary N) is 1. The second-order valence-corrected chi connectivity index (χ2v) is 6.19. The molecule has 0 atom stereocenters. The van der Waals surface area contributed by atoms with Gasteiger partial charge in [-0.1, -0.05) is 34.8 Å². The van der Waals surface area contributed by atoms with Crippen LogP contribution in [0.1, 0.15) is 15.9 Å². The Morgan fingerprint density at radius 2 is 2.00 bits per heavy atom. The van der Waals surface area contributed by atoms with E-state index in [0.717, 1.165) is 11.3 Å². The van der Waals surface area contributed by atoms with Gasteiger partial charge in [0.2, 0.25) is 0 Å². The standard InChI is InChI=1S/C12H5Cl3N2OS/c13-8-3-6(5-16)1-2-9(8)17-12(18)7-4-10(14)19-11(7)15/h1-4H,(H,17,18). The first kappa shape index (κ1) is 14.2. The first-order valence-electron chi connectivity index (χ1n) is 4.97. The maximum absolute atomic E-state index is 12.0. The number of hydrogen-bond acceptors (Lipinski definition) is 3. The fourth-order valence-corrected chi connectivity index (χ4v) is 3.06. The third-order valence-electron chi connectivity index (χ3n) is 2.25. The van der Waals surface area contributed by atoms with E-state index in [4.69, 9.17) is 40.1 Å². The Labute approximate surface area is 128 Å². The van der Waals surface area contributed by atoms with E-state index in [9.17, 15) is 4.79 Å². The van der Waals surface area contributed by atoms with Crippen molar-refractivity contribution in [3.05, 3.63) is 49.1 Å². The molecule has 0 fully saturated rings. The lowest BCUT2D eigenvalue weighted by atomic mass is 10.2. The number of benzene rings is 1. The van der Waals surface area contributed by atoms with Gasteiger partial charge in [0.1, 0.15) is 4.34 Å². The van der Waals surface area contributed by atoms with E-state index in [1.54, 1.807) is 12.1 Å². The maximum Gasteiger partial charge on any atom is 0.258 e.